The number of hydrogen-bond donors (Lipinski definition) is 1. The topological polar surface area (TPSA) is 72.0 Å². The highest BCUT2D eigenvalue weighted by molar-refractivity contribution is 7.92. The summed E-state index contributed by atoms with van der Waals surface area (Å²) in [6.07, 6.45) is 5.81. The van der Waals surface area contributed by atoms with E-state index in [4.69, 9.17) is 0 Å². The van der Waals surface area contributed by atoms with Crippen molar-refractivity contribution in [1.82, 2.24) is 9.97 Å². The van der Waals surface area contributed by atoms with Gasteiger partial charge >= 0.3 is 0 Å². The Morgan fingerprint density at radius 2 is 2.21 bits per heavy atom. The molecule has 1 rings (SSSR count). The fraction of sp³-hybridized carbons (Fsp3) is 0.500. The van der Waals surface area contributed by atoms with Crippen molar-refractivity contribution in [2.24, 2.45) is 0 Å². The second-order valence-electron chi connectivity index (χ2n) is 2.87. The van der Waals surface area contributed by atoms with Crippen LogP contribution in [0.4, 0.5) is 5.82 Å². The molecule has 0 fully saturated rings. The van der Waals surface area contributed by atoms with E-state index in [1.54, 1.807) is 0 Å². The van der Waals surface area contributed by atoms with Crippen molar-refractivity contribution in [3.63, 3.8) is 0 Å². The average Bonchev–Trinajstić information content (AvgIpc) is 2.16. The van der Waals surface area contributed by atoms with Gasteiger partial charge in [-0.1, -0.05) is 13.3 Å². The third-order valence-corrected chi connectivity index (χ3v) is 2.94. The third-order valence-electron chi connectivity index (χ3n) is 1.59. The highest BCUT2D eigenvalue weighted by Gasteiger charge is 2.09. The number of sulfonamides is 1. The molecule has 1 aromatic rings. The Hall–Kier alpha value is -1.17. The lowest BCUT2D eigenvalue weighted by molar-refractivity contribution is 0.597. The van der Waals surface area contributed by atoms with Crippen LogP contribution in [-0.4, -0.2) is 24.1 Å². The van der Waals surface area contributed by atoms with E-state index in [0.717, 1.165) is 6.42 Å². The molecular weight excluding hydrogens is 202 g/mol. The van der Waals surface area contributed by atoms with E-state index >= 15 is 0 Å². The van der Waals surface area contributed by atoms with Gasteiger partial charge in [0.15, 0.2) is 5.82 Å². The molecule has 1 aromatic heterocycles. The molecule has 1 heterocycles. The molecule has 14 heavy (non-hydrogen) atoms. The van der Waals surface area contributed by atoms with Crippen molar-refractivity contribution >= 4 is 15.8 Å². The molecule has 0 aliphatic carbocycles. The van der Waals surface area contributed by atoms with Crippen molar-refractivity contribution in [2.45, 2.75) is 19.8 Å². The predicted octanol–water partition coefficient (Wildman–Crippen LogP) is 1.02. The van der Waals surface area contributed by atoms with Gasteiger partial charge in [-0.05, 0) is 6.42 Å². The number of hydrogen-bond acceptors (Lipinski definition) is 4. The molecule has 6 heteroatoms. The molecule has 78 valence electrons. The zero-order chi connectivity index (χ0) is 10.4. The monoisotopic (exact) mass is 215 g/mol. The van der Waals surface area contributed by atoms with E-state index < -0.39 is 10.0 Å². The van der Waals surface area contributed by atoms with Gasteiger partial charge in [-0.3, -0.25) is 9.71 Å². The molecule has 0 radical (unpaired) electrons. The Labute approximate surface area is 83.6 Å². The molecule has 5 nitrogen and oxygen atoms in total. The van der Waals surface area contributed by atoms with Gasteiger partial charge in [0.05, 0.1) is 11.9 Å². The van der Waals surface area contributed by atoms with Crippen LogP contribution >= 0.6 is 0 Å². The first-order valence-corrected chi connectivity index (χ1v) is 6.06. The van der Waals surface area contributed by atoms with Gasteiger partial charge in [0.25, 0.3) is 0 Å². The fourth-order valence-corrected chi connectivity index (χ4v) is 2.09. The molecule has 0 atom stereocenters. The van der Waals surface area contributed by atoms with Gasteiger partial charge in [0.1, 0.15) is 0 Å². The van der Waals surface area contributed by atoms with Crippen LogP contribution in [0.2, 0.25) is 0 Å². The molecule has 0 bridgehead atoms. The minimum absolute atomic E-state index is 0.125. The van der Waals surface area contributed by atoms with E-state index in [1.165, 1.54) is 18.6 Å². The van der Waals surface area contributed by atoms with E-state index in [1.807, 2.05) is 6.92 Å². The summed E-state index contributed by atoms with van der Waals surface area (Å²) in [5, 5.41) is 0. The number of nitrogens with one attached hydrogen (secondary N) is 1. The Bertz CT molecular complexity index is 363. The SMILES string of the molecule is CCCCS(=O)(=O)Nc1cnccn1. The van der Waals surface area contributed by atoms with Crippen LogP contribution in [0.15, 0.2) is 18.6 Å². The molecule has 0 unspecified atom stereocenters. The Morgan fingerprint density at radius 3 is 2.79 bits per heavy atom. The second-order valence-corrected chi connectivity index (χ2v) is 4.71. The summed E-state index contributed by atoms with van der Waals surface area (Å²) in [5.41, 5.74) is 0. The largest absolute Gasteiger partial charge is 0.266 e. The summed E-state index contributed by atoms with van der Waals surface area (Å²) in [5.74, 6) is 0.392. The standard InChI is InChI=1S/C8H13N3O2S/c1-2-3-6-14(12,13)11-8-7-9-4-5-10-8/h4-5,7H,2-3,6H2,1H3,(H,10,11). The predicted molar refractivity (Wildman–Crippen MR) is 54.3 cm³/mol. The summed E-state index contributed by atoms with van der Waals surface area (Å²) in [6, 6.07) is 0. The van der Waals surface area contributed by atoms with Gasteiger partial charge in [-0.2, -0.15) is 0 Å². The van der Waals surface area contributed by atoms with E-state index in [0.29, 0.717) is 6.42 Å². The Balaban J connectivity index is 2.60. The van der Waals surface area contributed by atoms with Crippen molar-refractivity contribution in [3.8, 4) is 0 Å². The van der Waals surface area contributed by atoms with E-state index in [2.05, 4.69) is 14.7 Å². The van der Waals surface area contributed by atoms with Crippen molar-refractivity contribution < 1.29 is 8.42 Å². The van der Waals surface area contributed by atoms with Crippen LogP contribution in [0.25, 0.3) is 0 Å². The zero-order valence-corrected chi connectivity index (χ0v) is 8.79. The lowest BCUT2D eigenvalue weighted by Crippen LogP contribution is -2.17. The highest BCUT2D eigenvalue weighted by Crippen LogP contribution is 2.03. The lowest BCUT2D eigenvalue weighted by atomic mass is 10.4. The zero-order valence-electron chi connectivity index (χ0n) is 7.97. The van der Waals surface area contributed by atoms with Crippen LogP contribution in [0.3, 0.4) is 0 Å². The van der Waals surface area contributed by atoms with Crippen molar-refractivity contribution in [2.75, 3.05) is 10.5 Å². The molecule has 0 saturated carbocycles. The molecule has 0 aliphatic heterocycles. The second kappa shape index (κ2) is 4.90. The third kappa shape index (κ3) is 3.69. The normalized spacial score (nSPS) is 11.2. The molecule has 0 spiro atoms. The minimum atomic E-state index is -3.25. The van der Waals surface area contributed by atoms with E-state index in [-0.39, 0.29) is 11.6 Å². The molecule has 0 saturated heterocycles. The molecule has 0 amide bonds. The molecule has 1 N–H and O–H groups in total. The number of anilines is 1. The number of nitrogens with zero attached hydrogens (tertiary/aromatic N) is 2. The molecular formula is C8H13N3O2S. The molecule has 0 aromatic carbocycles. The minimum Gasteiger partial charge on any atom is -0.266 e. The van der Waals surface area contributed by atoms with Gasteiger partial charge in [0.2, 0.25) is 10.0 Å². The molecule has 0 aliphatic rings. The average molecular weight is 215 g/mol. The summed E-state index contributed by atoms with van der Waals surface area (Å²) in [7, 11) is -3.25. The first-order chi connectivity index (χ1) is 6.64. The van der Waals surface area contributed by atoms with Crippen LogP contribution in [0.1, 0.15) is 19.8 Å². The van der Waals surface area contributed by atoms with Crippen LogP contribution in [0, 0.1) is 0 Å². The van der Waals surface area contributed by atoms with Gasteiger partial charge < -0.3 is 0 Å². The Kier molecular flexibility index (Phi) is 3.82. The van der Waals surface area contributed by atoms with Crippen molar-refractivity contribution in [3.05, 3.63) is 18.6 Å². The van der Waals surface area contributed by atoms with Crippen molar-refractivity contribution in [1.29, 1.82) is 0 Å². The van der Waals surface area contributed by atoms with Crippen LogP contribution in [0.5, 0.6) is 0 Å². The maximum absolute atomic E-state index is 11.4. The smallest absolute Gasteiger partial charge is 0.233 e. The quantitative estimate of drug-likeness (QED) is 0.796. The first-order valence-electron chi connectivity index (χ1n) is 4.40. The lowest BCUT2D eigenvalue weighted by Gasteiger charge is -2.04. The van der Waals surface area contributed by atoms with Gasteiger partial charge in [-0.15, -0.1) is 0 Å². The summed E-state index contributed by atoms with van der Waals surface area (Å²) < 4.78 is 25.1. The summed E-state index contributed by atoms with van der Waals surface area (Å²) in [6.45, 7) is 1.94. The maximum Gasteiger partial charge on any atom is 0.233 e. The number of unbranched alkanes of at least 4 members (excludes halogenated alkanes) is 1. The maximum atomic E-state index is 11.4. The summed E-state index contributed by atoms with van der Waals surface area (Å²) in [4.78, 5) is 7.58. The first kappa shape index (κ1) is 10.9. The number of rotatable bonds is 5. The van der Waals surface area contributed by atoms with Crippen LogP contribution < -0.4 is 4.72 Å². The van der Waals surface area contributed by atoms with E-state index in [9.17, 15) is 8.42 Å². The Morgan fingerprint density at radius 1 is 1.43 bits per heavy atom. The van der Waals surface area contributed by atoms with Gasteiger partial charge in [-0.25, -0.2) is 13.4 Å². The van der Waals surface area contributed by atoms with Gasteiger partial charge in [0, 0.05) is 12.4 Å². The number of aromatic nitrogens is 2. The fourth-order valence-electron chi connectivity index (χ4n) is 0.897. The summed E-state index contributed by atoms with van der Waals surface area (Å²) >= 11 is 0. The highest BCUT2D eigenvalue weighted by atomic mass is 32.2. The van der Waals surface area contributed by atoms with Crippen LogP contribution in [-0.2, 0) is 10.0 Å².